The van der Waals surface area contributed by atoms with Crippen LogP contribution < -0.4 is 5.32 Å². The maximum Gasteiger partial charge on any atom is 0.0302 e. The molecule has 0 spiro atoms. The lowest BCUT2D eigenvalue weighted by Gasteiger charge is -2.21. The number of hydrogen-bond acceptors (Lipinski definition) is 3. The summed E-state index contributed by atoms with van der Waals surface area (Å²) >= 11 is 1.96. The van der Waals surface area contributed by atoms with Crippen LogP contribution in [0.25, 0.3) is 0 Å². The Hall–Kier alpha value is -0.380. The van der Waals surface area contributed by atoms with Crippen LogP contribution >= 0.6 is 11.3 Å². The first-order chi connectivity index (χ1) is 9.10. The Balaban J connectivity index is 1.95. The summed E-state index contributed by atoms with van der Waals surface area (Å²) in [5.41, 5.74) is 1.55. The molecule has 1 saturated carbocycles. The van der Waals surface area contributed by atoms with Crippen LogP contribution in [0.5, 0.6) is 0 Å². The van der Waals surface area contributed by atoms with Crippen LogP contribution in [0, 0.1) is 6.92 Å². The van der Waals surface area contributed by atoms with E-state index >= 15 is 0 Å². The number of aryl methyl sites for hydroxylation is 1. The highest BCUT2D eigenvalue weighted by molar-refractivity contribution is 7.12. The van der Waals surface area contributed by atoms with Gasteiger partial charge < -0.3 is 5.32 Å². The van der Waals surface area contributed by atoms with Gasteiger partial charge in [0.15, 0.2) is 0 Å². The third-order valence-electron chi connectivity index (χ3n) is 3.70. The highest BCUT2D eigenvalue weighted by Gasteiger charge is 2.28. The van der Waals surface area contributed by atoms with E-state index in [-0.39, 0.29) is 0 Å². The van der Waals surface area contributed by atoms with Crippen LogP contribution in [-0.2, 0) is 13.1 Å². The fourth-order valence-electron chi connectivity index (χ4n) is 2.47. The van der Waals surface area contributed by atoms with E-state index in [1.165, 1.54) is 35.6 Å². The van der Waals surface area contributed by atoms with E-state index in [2.05, 4.69) is 44.0 Å². The summed E-state index contributed by atoms with van der Waals surface area (Å²) in [6.07, 6.45) is 4.08. The zero-order valence-electron chi connectivity index (χ0n) is 12.8. The topological polar surface area (TPSA) is 15.3 Å². The largest absolute Gasteiger partial charge is 0.310 e. The van der Waals surface area contributed by atoms with Crippen molar-refractivity contribution in [3.05, 3.63) is 21.4 Å². The molecule has 2 nitrogen and oxygen atoms in total. The molecule has 19 heavy (non-hydrogen) atoms. The molecule has 2 rings (SSSR count). The van der Waals surface area contributed by atoms with Gasteiger partial charge in [0.25, 0.3) is 0 Å². The average molecular weight is 280 g/mol. The first-order valence-corrected chi connectivity index (χ1v) is 8.47. The minimum atomic E-state index is 0.564. The molecule has 0 bridgehead atoms. The van der Waals surface area contributed by atoms with Gasteiger partial charge in [0.1, 0.15) is 0 Å². The Labute approximate surface area is 122 Å². The van der Waals surface area contributed by atoms with Crippen LogP contribution in [-0.4, -0.2) is 23.5 Å². The van der Waals surface area contributed by atoms with Gasteiger partial charge in [-0.3, -0.25) is 4.90 Å². The summed E-state index contributed by atoms with van der Waals surface area (Å²) in [5.74, 6) is 0. The Kier molecular flexibility index (Phi) is 5.43. The van der Waals surface area contributed by atoms with E-state index in [0.29, 0.717) is 6.04 Å². The highest BCUT2D eigenvalue weighted by atomic mass is 32.1. The molecule has 3 heteroatoms. The molecule has 1 aliphatic rings. The molecule has 0 amide bonds. The summed E-state index contributed by atoms with van der Waals surface area (Å²) in [6.45, 7) is 12.4. The van der Waals surface area contributed by atoms with Gasteiger partial charge in [-0.2, -0.15) is 0 Å². The van der Waals surface area contributed by atoms with Gasteiger partial charge in [0.2, 0.25) is 0 Å². The van der Waals surface area contributed by atoms with Gasteiger partial charge in [-0.1, -0.05) is 20.8 Å². The molecule has 1 fully saturated rings. The molecule has 1 aliphatic carbocycles. The third kappa shape index (κ3) is 4.59. The van der Waals surface area contributed by atoms with Crippen LogP contribution in [0.1, 0.15) is 55.4 Å². The van der Waals surface area contributed by atoms with Crippen LogP contribution in [0.15, 0.2) is 6.07 Å². The molecule has 0 aromatic carbocycles. The van der Waals surface area contributed by atoms with Crippen molar-refractivity contribution in [3.8, 4) is 0 Å². The Morgan fingerprint density at radius 1 is 1.42 bits per heavy atom. The van der Waals surface area contributed by atoms with Crippen molar-refractivity contribution in [2.75, 3.05) is 6.54 Å². The Morgan fingerprint density at radius 3 is 2.74 bits per heavy atom. The first-order valence-electron chi connectivity index (χ1n) is 7.65. The van der Waals surface area contributed by atoms with Crippen molar-refractivity contribution >= 4 is 11.3 Å². The van der Waals surface area contributed by atoms with Crippen molar-refractivity contribution in [2.24, 2.45) is 0 Å². The molecule has 0 radical (unpaired) electrons. The molecular formula is C16H28N2S. The molecular weight excluding hydrogens is 252 g/mol. The molecule has 0 unspecified atom stereocenters. The second-order valence-electron chi connectivity index (χ2n) is 6.03. The van der Waals surface area contributed by atoms with E-state index in [1.54, 1.807) is 5.56 Å². The lowest BCUT2D eigenvalue weighted by Crippen LogP contribution is -2.26. The van der Waals surface area contributed by atoms with Crippen LogP contribution in [0.2, 0.25) is 0 Å². The molecule has 0 aliphatic heterocycles. The normalized spacial score (nSPS) is 15.7. The fraction of sp³-hybridized carbons (Fsp3) is 0.750. The van der Waals surface area contributed by atoms with Crippen molar-refractivity contribution in [2.45, 2.75) is 72.1 Å². The molecule has 1 heterocycles. The van der Waals surface area contributed by atoms with Crippen molar-refractivity contribution in [1.29, 1.82) is 0 Å². The van der Waals surface area contributed by atoms with E-state index in [4.69, 9.17) is 0 Å². The molecule has 0 atom stereocenters. The fourth-order valence-corrected chi connectivity index (χ4v) is 3.48. The number of thiophene rings is 1. The quantitative estimate of drug-likeness (QED) is 0.776. The van der Waals surface area contributed by atoms with Gasteiger partial charge in [0.05, 0.1) is 0 Å². The van der Waals surface area contributed by atoms with Crippen molar-refractivity contribution < 1.29 is 0 Å². The van der Waals surface area contributed by atoms with Gasteiger partial charge in [-0.25, -0.2) is 0 Å². The van der Waals surface area contributed by atoms with Gasteiger partial charge in [0, 0.05) is 34.9 Å². The van der Waals surface area contributed by atoms with Gasteiger partial charge in [-0.15, -0.1) is 11.3 Å². The molecule has 1 aromatic heterocycles. The number of hydrogen-bond donors (Lipinski definition) is 1. The average Bonchev–Trinajstić information content (AvgIpc) is 3.13. The van der Waals surface area contributed by atoms with Gasteiger partial charge >= 0.3 is 0 Å². The van der Waals surface area contributed by atoms with E-state index < -0.39 is 0 Å². The Morgan fingerprint density at radius 2 is 2.16 bits per heavy atom. The zero-order chi connectivity index (χ0) is 13.8. The predicted molar refractivity (Wildman–Crippen MR) is 84.8 cm³/mol. The second-order valence-corrected chi connectivity index (χ2v) is 7.37. The summed E-state index contributed by atoms with van der Waals surface area (Å²) in [4.78, 5) is 5.66. The van der Waals surface area contributed by atoms with Gasteiger partial charge in [-0.05, 0) is 44.4 Å². The monoisotopic (exact) mass is 280 g/mol. The maximum atomic E-state index is 3.51. The standard InChI is InChI=1S/C16H28N2S/c1-5-8-18(15-6-7-15)11-14-9-16(19-13(14)4)10-17-12(2)3/h9,12,15,17H,5-8,10-11H2,1-4H3. The Bertz CT molecular complexity index is 393. The summed E-state index contributed by atoms with van der Waals surface area (Å²) < 4.78 is 0. The van der Waals surface area contributed by atoms with Crippen molar-refractivity contribution in [1.82, 2.24) is 10.2 Å². The minimum Gasteiger partial charge on any atom is -0.310 e. The summed E-state index contributed by atoms with van der Waals surface area (Å²) in [6, 6.07) is 3.85. The zero-order valence-corrected chi connectivity index (χ0v) is 13.6. The van der Waals surface area contributed by atoms with Crippen LogP contribution in [0.4, 0.5) is 0 Å². The predicted octanol–water partition coefficient (Wildman–Crippen LogP) is 3.93. The highest BCUT2D eigenvalue weighted by Crippen LogP contribution is 2.30. The SMILES string of the molecule is CCCN(Cc1cc(CNC(C)C)sc1C)C1CC1. The molecule has 1 N–H and O–H groups in total. The van der Waals surface area contributed by atoms with E-state index in [0.717, 1.165) is 19.1 Å². The second kappa shape index (κ2) is 6.87. The lowest BCUT2D eigenvalue weighted by molar-refractivity contribution is 0.255. The molecule has 108 valence electrons. The van der Waals surface area contributed by atoms with Crippen LogP contribution in [0.3, 0.4) is 0 Å². The van der Waals surface area contributed by atoms with Crippen molar-refractivity contribution in [3.63, 3.8) is 0 Å². The molecule has 1 aromatic rings. The first kappa shape index (κ1) is 15.0. The smallest absolute Gasteiger partial charge is 0.0302 e. The number of nitrogens with one attached hydrogen (secondary N) is 1. The number of nitrogens with zero attached hydrogens (tertiary/aromatic N) is 1. The minimum absolute atomic E-state index is 0.564. The summed E-state index contributed by atoms with van der Waals surface area (Å²) in [7, 11) is 0. The van der Waals surface area contributed by atoms with E-state index in [1.807, 2.05) is 11.3 Å². The molecule has 0 saturated heterocycles. The number of rotatable bonds is 8. The maximum absolute atomic E-state index is 3.51. The summed E-state index contributed by atoms with van der Waals surface area (Å²) in [5, 5.41) is 3.51. The third-order valence-corrected chi connectivity index (χ3v) is 4.80. The van der Waals surface area contributed by atoms with E-state index in [9.17, 15) is 0 Å². The lowest BCUT2D eigenvalue weighted by atomic mass is 10.2.